The molecule has 1 aromatic heterocycles. The quantitative estimate of drug-likeness (QED) is 0.555. The zero-order valence-corrected chi connectivity index (χ0v) is 13.2. The van der Waals surface area contributed by atoms with E-state index in [0.717, 1.165) is 36.2 Å². The van der Waals surface area contributed by atoms with Crippen LogP contribution in [0.15, 0.2) is 54.7 Å². The number of aromatic nitrogens is 1. The summed E-state index contributed by atoms with van der Waals surface area (Å²) in [5.74, 6) is -0.299. The fourth-order valence-corrected chi connectivity index (χ4v) is 4.10. The van der Waals surface area contributed by atoms with Crippen molar-refractivity contribution in [3.63, 3.8) is 0 Å². The van der Waals surface area contributed by atoms with Gasteiger partial charge in [-0.2, -0.15) is 0 Å². The molecule has 24 heavy (non-hydrogen) atoms. The third kappa shape index (κ3) is 1.78. The third-order valence-electron chi connectivity index (χ3n) is 5.52. The van der Waals surface area contributed by atoms with E-state index in [-0.39, 0.29) is 11.2 Å². The number of hydrogen-bond donors (Lipinski definition) is 1. The van der Waals surface area contributed by atoms with Crippen LogP contribution in [0.2, 0.25) is 0 Å². The Morgan fingerprint density at radius 3 is 2.54 bits per heavy atom. The maximum atomic E-state index is 13.2. The number of anilines is 1. The summed E-state index contributed by atoms with van der Waals surface area (Å²) in [6.45, 7) is 0. The largest absolute Gasteiger partial charge is 0.398 e. The smallest absolute Gasteiger partial charge is 0.141 e. The number of fused-ring (bicyclic) bond motifs is 3. The molecule has 0 bridgehead atoms. The SMILES string of the molecule is Nc1c(C2(c3ccc(F)cn3)CC2)ccc2c1Cc1ccccc1-2. The van der Waals surface area contributed by atoms with Crippen molar-refractivity contribution in [2.75, 3.05) is 5.73 Å². The van der Waals surface area contributed by atoms with Crippen LogP contribution >= 0.6 is 0 Å². The van der Waals surface area contributed by atoms with E-state index in [4.69, 9.17) is 5.73 Å². The Balaban J connectivity index is 1.64. The Morgan fingerprint density at radius 1 is 0.958 bits per heavy atom. The van der Waals surface area contributed by atoms with Crippen LogP contribution in [0, 0.1) is 5.82 Å². The van der Waals surface area contributed by atoms with E-state index >= 15 is 0 Å². The molecule has 0 radical (unpaired) electrons. The molecule has 2 aliphatic carbocycles. The lowest BCUT2D eigenvalue weighted by molar-refractivity contribution is 0.616. The summed E-state index contributed by atoms with van der Waals surface area (Å²) >= 11 is 0. The third-order valence-corrected chi connectivity index (χ3v) is 5.52. The normalized spacial score (nSPS) is 16.5. The van der Waals surface area contributed by atoms with Gasteiger partial charge in [0.15, 0.2) is 0 Å². The lowest BCUT2D eigenvalue weighted by atomic mass is 9.87. The van der Waals surface area contributed by atoms with Crippen LogP contribution in [-0.4, -0.2) is 4.98 Å². The predicted molar refractivity (Wildman–Crippen MR) is 93.3 cm³/mol. The molecule has 3 heteroatoms. The Kier molecular flexibility index (Phi) is 2.67. The predicted octanol–water partition coefficient (Wildman–Crippen LogP) is 4.45. The highest BCUT2D eigenvalue weighted by molar-refractivity contribution is 5.83. The van der Waals surface area contributed by atoms with Gasteiger partial charge >= 0.3 is 0 Å². The number of pyridine rings is 1. The van der Waals surface area contributed by atoms with Gasteiger partial charge in [0.05, 0.1) is 11.9 Å². The van der Waals surface area contributed by atoms with E-state index in [9.17, 15) is 4.39 Å². The van der Waals surface area contributed by atoms with Crippen LogP contribution in [0.25, 0.3) is 11.1 Å². The fourth-order valence-electron chi connectivity index (χ4n) is 4.10. The van der Waals surface area contributed by atoms with Crippen molar-refractivity contribution >= 4 is 5.69 Å². The number of nitrogen functional groups attached to an aromatic ring is 1. The topological polar surface area (TPSA) is 38.9 Å². The fraction of sp³-hybridized carbons (Fsp3) is 0.190. The molecule has 0 aliphatic heterocycles. The molecular weight excluding hydrogens is 299 g/mol. The highest BCUT2D eigenvalue weighted by Crippen LogP contribution is 2.56. The summed E-state index contributed by atoms with van der Waals surface area (Å²) in [6.07, 6.45) is 4.22. The number of nitrogens with two attached hydrogens (primary N) is 1. The number of nitrogens with zero attached hydrogens (tertiary/aromatic N) is 1. The Morgan fingerprint density at radius 2 is 1.79 bits per heavy atom. The van der Waals surface area contributed by atoms with E-state index in [0.29, 0.717) is 0 Å². The molecule has 5 rings (SSSR count). The van der Waals surface area contributed by atoms with E-state index in [2.05, 4.69) is 41.4 Å². The molecule has 0 amide bonds. The maximum Gasteiger partial charge on any atom is 0.141 e. The van der Waals surface area contributed by atoms with Crippen LogP contribution in [0.5, 0.6) is 0 Å². The molecule has 1 saturated carbocycles. The summed E-state index contributed by atoms with van der Waals surface area (Å²) < 4.78 is 13.2. The van der Waals surface area contributed by atoms with Gasteiger partial charge < -0.3 is 5.73 Å². The molecule has 2 N–H and O–H groups in total. The van der Waals surface area contributed by atoms with Crippen LogP contribution in [0.1, 0.15) is 35.2 Å². The van der Waals surface area contributed by atoms with Crippen molar-refractivity contribution < 1.29 is 4.39 Å². The van der Waals surface area contributed by atoms with Gasteiger partial charge in [-0.05, 0) is 52.8 Å². The lowest BCUT2D eigenvalue weighted by Crippen LogP contribution is -2.14. The Hall–Kier alpha value is -2.68. The van der Waals surface area contributed by atoms with E-state index in [1.807, 2.05) is 0 Å². The van der Waals surface area contributed by atoms with Gasteiger partial charge in [-0.15, -0.1) is 0 Å². The summed E-state index contributed by atoms with van der Waals surface area (Å²) in [4.78, 5) is 4.33. The molecule has 0 saturated heterocycles. The first-order valence-corrected chi connectivity index (χ1v) is 8.31. The van der Waals surface area contributed by atoms with Crippen molar-refractivity contribution in [3.05, 3.63) is 82.9 Å². The van der Waals surface area contributed by atoms with Gasteiger partial charge in [0.1, 0.15) is 5.82 Å². The average molecular weight is 316 g/mol. The minimum Gasteiger partial charge on any atom is -0.398 e. The Labute approximate surface area is 140 Å². The molecule has 1 heterocycles. The lowest BCUT2D eigenvalue weighted by Gasteiger charge is -2.20. The van der Waals surface area contributed by atoms with Gasteiger partial charge in [-0.1, -0.05) is 36.4 Å². The molecule has 2 aliphatic rings. The standard InChI is InChI=1S/C21H17FN2/c22-14-5-8-19(24-12-14)21(9-10-21)18-7-6-16-15-4-2-1-3-13(15)11-17(16)20(18)23/h1-8,12H,9-11,23H2. The van der Waals surface area contributed by atoms with Crippen LogP contribution in [0.3, 0.4) is 0 Å². The van der Waals surface area contributed by atoms with E-state index in [1.54, 1.807) is 6.07 Å². The summed E-state index contributed by atoms with van der Waals surface area (Å²) in [5, 5.41) is 0. The highest BCUT2D eigenvalue weighted by Gasteiger charge is 2.49. The van der Waals surface area contributed by atoms with Crippen molar-refractivity contribution in [1.29, 1.82) is 0 Å². The number of hydrogen-bond acceptors (Lipinski definition) is 2. The number of benzene rings is 2. The van der Waals surface area contributed by atoms with Crippen LogP contribution in [-0.2, 0) is 11.8 Å². The van der Waals surface area contributed by atoms with Crippen molar-refractivity contribution in [2.45, 2.75) is 24.7 Å². The van der Waals surface area contributed by atoms with Gasteiger partial charge in [-0.3, -0.25) is 4.98 Å². The van der Waals surface area contributed by atoms with Crippen molar-refractivity contribution in [2.24, 2.45) is 0 Å². The minimum absolute atomic E-state index is 0.137. The number of rotatable bonds is 2. The van der Waals surface area contributed by atoms with E-state index < -0.39 is 0 Å². The van der Waals surface area contributed by atoms with Gasteiger partial charge in [-0.25, -0.2) is 4.39 Å². The highest BCUT2D eigenvalue weighted by atomic mass is 19.1. The average Bonchev–Trinajstić information content (AvgIpc) is 3.31. The molecule has 3 aromatic rings. The van der Waals surface area contributed by atoms with Gasteiger partial charge in [0.2, 0.25) is 0 Å². The second kappa shape index (κ2) is 4.67. The summed E-state index contributed by atoms with van der Waals surface area (Å²) in [5.41, 5.74) is 14.5. The first kappa shape index (κ1) is 13.7. The molecule has 1 fully saturated rings. The molecule has 0 unspecified atom stereocenters. The molecule has 2 aromatic carbocycles. The molecule has 118 valence electrons. The van der Waals surface area contributed by atoms with Gasteiger partial charge in [0, 0.05) is 17.5 Å². The second-order valence-corrected chi connectivity index (χ2v) is 6.83. The Bertz CT molecular complexity index is 956. The molecular formula is C21H17FN2. The number of halogens is 1. The van der Waals surface area contributed by atoms with Crippen molar-refractivity contribution in [1.82, 2.24) is 4.98 Å². The minimum atomic E-state index is -0.299. The van der Waals surface area contributed by atoms with Crippen molar-refractivity contribution in [3.8, 4) is 11.1 Å². The maximum absolute atomic E-state index is 13.2. The molecule has 2 nitrogen and oxygen atoms in total. The van der Waals surface area contributed by atoms with Crippen LogP contribution in [0.4, 0.5) is 10.1 Å². The first-order chi connectivity index (χ1) is 11.7. The zero-order chi connectivity index (χ0) is 16.3. The summed E-state index contributed by atoms with van der Waals surface area (Å²) in [6, 6.07) is 16.1. The van der Waals surface area contributed by atoms with Gasteiger partial charge in [0.25, 0.3) is 0 Å². The zero-order valence-electron chi connectivity index (χ0n) is 13.2. The molecule has 0 atom stereocenters. The molecule has 0 spiro atoms. The van der Waals surface area contributed by atoms with E-state index in [1.165, 1.54) is 34.5 Å². The monoisotopic (exact) mass is 316 g/mol. The second-order valence-electron chi connectivity index (χ2n) is 6.83. The first-order valence-electron chi connectivity index (χ1n) is 8.31. The van der Waals surface area contributed by atoms with Crippen LogP contribution < -0.4 is 5.73 Å². The summed E-state index contributed by atoms with van der Waals surface area (Å²) in [7, 11) is 0.